The van der Waals surface area contributed by atoms with E-state index in [4.69, 9.17) is 16.3 Å². The van der Waals surface area contributed by atoms with E-state index in [0.29, 0.717) is 23.5 Å². The minimum atomic E-state index is 0.500. The summed E-state index contributed by atoms with van der Waals surface area (Å²) in [6, 6.07) is 15.2. The van der Waals surface area contributed by atoms with E-state index < -0.39 is 0 Å². The topological polar surface area (TPSA) is 47.0 Å². The molecule has 0 atom stereocenters. The highest BCUT2D eigenvalue weighted by atomic mass is 35.5. The van der Waals surface area contributed by atoms with E-state index in [1.165, 1.54) is 0 Å². The average molecular weight is 300 g/mol. The lowest BCUT2D eigenvalue weighted by Crippen LogP contribution is -2.02. The van der Waals surface area contributed by atoms with Gasteiger partial charge in [0.2, 0.25) is 11.8 Å². The number of rotatable bonds is 4. The Morgan fingerprint density at radius 2 is 1.81 bits per heavy atom. The molecule has 2 aromatic carbocycles. The summed E-state index contributed by atoms with van der Waals surface area (Å²) in [5.74, 6) is 1.08. The lowest BCUT2D eigenvalue weighted by molar-refractivity contribution is 0.331. The Morgan fingerprint density at radius 3 is 2.57 bits per heavy atom. The maximum atomic E-state index is 5.88. The van der Waals surface area contributed by atoms with Crippen molar-refractivity contribution in [2.75, 3.05) is 11.9 Å². The third-order valence-corrected chi connectivity index (χ3v) is 3.20. The first-order chi connectivity index (χ1) is 10.3. The van der Waals surface area contributed by atoms with Gasteiger partial charge >= 0.3 is 0 Å². The Balaban J connectivity index is 2.00. The van der Waals surface area contributed by atoms with Crippen molar-refractivity contribution in [2.24, 2.45) is 0 Å². The van der Waals surface area contributed by atoms with E-state index in [2.05, 4.69) is 15.3 Å². The van der Waals surface area contributed by atoms with Crippen molar-refractivity contribution >= 4 is 34.1 Å². The first kappa shape index (κ1) is 13.6. The minimum Gasteiger partial charge on any atom is -0.477 e. The molecule has 0 amide bonds. The molecular weight excluding hydrogens is 286 g/mol. The maximum Gasteiger partial charge on any atom is 0.231 e. The molecule has 0 unspecified atom stereocenters. The molecule has 4 nitrogen and oxygen atoms in total. The largest absolute Gasteiger partial charge is 0.477 e. The summed E-state index contributed by atoms with van der Waals surface area (Å²) >= 11 is 5.88. The Kier molecular flexibility index (Phi) is 3.88. The molecule has 3 rings (SSSR count). The zero-order valence-corrected chi connectivity index (χ0v) is 12.3. The number of anilines is 2. The molecule has 1 heterocycles. The highest BCUT2D eigenvalue weighted by Gasteiger charge is 2.08. The molecular formula is C16H14ClN3O. The van der Waals surface area contributed by atoms with Crippen molar-refractivity contribution in [1.82, 2.24) is 9.97 Å². The first-order valence-electron chi connectivity index (χ1n) is 6.68. The number of benzene rings is 2. The quantitative estimate of drug-likeness (QED) is 0.774. The van der Waals surface area contributed by atoms with E-state index in [1.54, 1.807) is 0 Å². The van der Waals surface area contributed by atoms with Gasteiger partial charge in [-0.1, -0.05) is 23.7 Å². The number of nitrogens with one attached hydrogen (secondary N) is 1. The number of fused-ring (bicyclic) bond motifs is 1. The van der Waals surface area contributed by atoms with Crippen LogP contribution in [0.25, 0.3) is 10.9 Å². The fourth-order valence-corrected chi connectivity index (χ4v) is 2.14. The zero-order chi connectivity index (χ0) is 14.7. The molecule has 0 saturated heterocycles. The number of halogens is 1. The van der Waals surface area contributed by atoms with Crippen LogP contribution in [-0.4, -0.2) is 16.6 Å². The Hall–Kier alpha value is -2.33. The van der Waals surface area contributed by atoms with Crippen molar-refractivity contribution in [3.05, 3.63) is 53.6 Å². The molecule has 0 bridgehead atoms. The van der Waals surface area contributed by atoms with Crippen LogP contribution in [0.2, 0.25) is 5.02 Å². The van der Waals surface area contributed by atoms with Crippen LogP contribution < -0.4 is 10.1 Å². The van der Waals surface area contributed by atoms with Crippen LogP contribution in [0.15, 0.2) is 48.5 Å². The van der Waals surface area contributed by atoms with Gasteiger partial charge in [-0.25, -0.2) is 4.98 Å². The molecule has 0 spiro atoms. The normalized spacial score (nSPS) is 10.6. The van der Waals surface area contributed by atoms with Gasteiger partial charge in [-0.05, 0) is 43.3 Å². The smallest absolute Gasteiger partial charge is 0.231 e. The SMILES string of the molecule is CCOc1nc(Nc2ccc(Cl)cc2)nc2ccccc12. The summed E-state index contributed by atoms with van der Waals surface area (Å²) in [4.78, 5) is 8.93. The number of ether oxygens (including phenoxy) is 1. The van der Waals surface area contributed by atoms with Gasteiger partial charge in [0.05, 0.1) is 17.5 Å². The van der Waals surface area contributed by atoms with E-state index in [0.717, 1.165) is 16.6 Å². The number of nitrogens with zero attached hydrogens (tertiary/aromatic N) is 2. The number of hydrogen-bond donors (Lipinski definition) is 1. The second-order valence-corrected chi connectivity index (χ2v) is 4.87. The van der Waals surface area contributed by atoms with Crippen molar-refractivity contribution in [3.8, 4) is 5.88 Å². The summed E-state index contributed by atoms with van der Waals surface area (Å²) in [6.07, 6.45) is 0. The summed E-state index contributed by atoms with van der Waals surface area (Å²) in [5, 5.41) is 4.75. The highest BCUT2D eigenvalue weighted by molar-refractivity contribution is 6.30. The molecule has 0 aliphatic heterocycles. The van der Waals surface area contributed by atoms with E-state index >= 15 is 0 Å². The second kappa shape index (κ2) is 5.97. The highest BCUT2D eigenvalue weighted by Crippen LogP contribution is 2.25. The lowest BCUT2D eigenvalue weighted by Gasteiger charge is -2.10. The molecule has 5 heteroatoms. The van der Waals surface area contributed by atoms with Gasteiger partial charge in [0.1, 0.15) is 0 Å². The number of hydrogen-bond acceptors (Lipinski definition) is 4. The minimum absolute atomic E-state index is 0.500. The Labute approximate surface area is 127 Å². The number of para-hydroxylation sites is 1. The van der Waals surface area contributed by atoms with Crippen LogP contribution >= 0.6 is 11.6 Å². The van der Waals surface area contributed by atoms with Crippen LogP contribution in [0.3, 0.4) is 0 Å². The van der Waals surface area contributed by atoms with Gasteiger partial charge in [-0.2, -0.15) is 4.98 Å². The fourth-order valence-electron chi connectivity index (χ4n) is 2.01. The van der Waals surface area contributed by atoms with Crippen LogP contribution in [0, 0.1) is 0 Å². The van der Waals surface area contributed by atoms with E-state index in [9.17, 15) is 0 Å². The lowest BCUT2D eigenvalue weighted by atomic mass is 10.2. The van der Waals surface area contributed by atoms with Crippen LogP contribution in [0.1, 0.15) is 6.92 Å². The molecule has 21 heavy (non-hydrogen) atoms. The zero-order valence-electron chi connectivity index (χ0n) is 11.5. The van der Waals surface area contributed by atoms with Gasteiger partial charge in [-0.15, -0.1) is 0 Å². The molecule has 0 radical (unpaired) electrons. The van der Waals surface area contributed by atoms with Gasteiger partial charge in [0.25, 0.3) is 0 Å². The number of aromatic nitrogens is 2. The van der Waals surface area contributed by atoms with Crippen LogP contribution in [0.4, 0.5) is 11.6 Å². The summed E-state index contributed by atoms with van der Waals surface area (Å²) in [5.41, 5.74) is 1.71. The predicted molar refractivity (Wildman–Crippen MR) is 85.4 cm³/mol. The Morgan fingerprint density at radius 1 is 1.05 bits per heavy atom. The molecule has 0 fully saturated rings. The van der Waals surface area contributed by atoms with Crippen molar-refractivity contribution in [1.29, 1.82) is 0 Å². The maximum absolute atomic E-state index is 5.88. The van der Waals surface area contributed by atoms with Crippen LogP contribution in [-0.2, 0) is 0 Å². The molecule has 0 aliphatic rings. The van der Waals surface area contributed by atoms with Gasteiger partial charge in [0.15, 0.2) is 0 Å². The first-order valence-corrected chi connectivity index (χ1v) is 7.06. The monoisotopic (exact) mass is 299 g/mol. The molecule has 3 aromatic rings. The third kappa shape index (κ3) is 3.06. The molecule has 0 saturated carbocycles. The molecule has 1 N–H and O–H groups in total. The second-order valence-electron chi connectivity index (χ2n) is 4.43. The summed E-state index contributed by atoms with van der Waals surface area (Å²) in [6.45, 7) is 2.49. The van der Waals surface area contributed by atoms with Crippen LogP contribution in [0.5, 0.6) is 5.88 Å². The Bertz CT molecular complexity index is 759. The molecule has 106 valence electrons. The molecule has 0 aliphatic carbocycles. The summed E-state index contributed by atoms with van der Waals surface area (Å²) in [7, 11) is 0. The van der Waals surface area contributed by atoms with Gasteiger partial charge in [-0.3, -0.25) is 0 Å². The predicted octanol–water partition coefficient (Wildman–Crippen LogP) is 4.43. The van der Waals surface area contributed by atoms with E-state index in [-0.39, 0.29) is 0 Å². The standard InChI is InChI=1S/C16H14ClN3O/c1-2-21-15-13-5-3-4-6-14(13)19-16(20-15)18-12-9-7-11(17)8-10-12/h3-10H,2H2,1H3,(H,18,19,20). The van der Waals surface area contributed by atoms with Crippen molar-refractivity contribution in [2.45, 2.75) is 6.92 Å². The van der Waals surface area contributed by atoms with Gasteiger partial charge < -0.3 is 10.1 Å². The van der Waals surface area contributed by atoms with Crippen molar-refractivity contribution in [3.63, 3.8) is 0 Å². The van der Waals surface area contributed by atoms with E-state index in [1.807, 2.05) is 55.5 Å². The fraction of sp³-hybridized carbons (Fsp3) is 0.125. The van der Waals surface area contributed by atoms with Crippen molar-refractivity contribution < 1.29 is 4.74 Å². The third-order valence-electron chi connectivity index (χ3n) is 2.95. The summed E-state index contributed by atoms with van der Waals surface area (Å²) < 4.78 is 5.60. The van der Waals surface area contributed by atoms with Gasteiger partial charge in [0, 0.05) is 10.7 Å². The molecule has 1 aromatic heterocycles. The average Bonchev–Trinajstić information content (AvgIpc) is 2.50.